The molecule has 0 bridgehead atoms. The molecule has 1 spiro atoms. The highest BCUT2D eigenvalue weighted by atomic mass is 16.5. The first-order valence-electron chi connectivity index (χ1n) is 6.33. The smallest absolute Gasteiger partial charge is 0.171 e. The van der Waals surface area contributed by atoms with Gasteiger partial charge >= 0.3 is 0 Å². The normalized spacial score (nSPS) is 26.7. The molecule has 1 saturated heterocycles. The van der Waals surface area contributed by atoms with Gasteiger partial charge in [0.25, 0.3) is 0 Å². The average molecular weight is 235 g/mol. The molecule has 1 aliphatic carbocycles. The van der Waals surface area contributed by atoms with Crippen LogP contribution in [0.1, 0.15) is 49.0 Å². The summed E-state index contributed by atoms with van der Waals surface area (Å²) in [5.74, 6) is 0. The van der Waals surface area contributed by atoms with Crippen molar-refractivity contribution < 1.29 is 9.53 Å². The summed E-state index contributed by atoms with van der Waals surface area (Å²) in [5.41, 5.74) is 0.553. The second kappa shape index (κ2) is 4.22. The first-order valence-corrected chi connectivity index (χ1v) is 6.33. The quantitative estimate of drug-likeness (QED) is 0.746. The molecule has 0 aromatic carbocycles. The molecule has 0 N–H and O–H groups in total. The number of hydrogen-bond donors (Lipinski definition) is 0. The summed E-state index contributed by atoms with van der Waals surface area (Å²) in [7, 11) is 0. The van der Waals surface area contributed by atoms with Crippen LogP contribution in [0.5, 0.6) is 0 Å². The number of carbonyl (C=O) groups is 1. The molecule has 17 heavy (non-hydrogen) atoms. The van der Waals surface area contributed by atoms with Crippen LogP contribution in [0.2, 0.25) is 0 Å². The zero-order chi connectivity index (χ0) is 11.7. The number of rotatable bonds is 3. The van der Waals surface area contributed by atoms with Crippen LogP contribution >= 0.6 is 0 Å². The summed E-state index contributed by atoms with van der Waals surface area (Å²) >= 11 is 0. The number of nitrogens with zero attached hydrogens (tertiary/aromatic N) is 3. The summed E-state index contributed by atoms with van der Waals surface area (Å²) in [6.07, 6.45) is 9.91. The number of aromatic nitrogens is 3. The zero-order valence-corrected chi connectivity index (χ0v) is 9.84. The summed E-state index contributed by atoms with van der Waals surface area (Å²) in [6.45, 7) is 0.711. The van der Waals surface area contributed by atoms with E-state index in [1.54, 1.807) is 10.9 Å². The number of carbonyl (C=O) groups excluding carboxylic acids is 1. The lowest BCUT2D eigenvalue weighted by atomic mass is 9.98. The summed E-state index contributed by atoms with van der Waals surface area (Å²) in [6, 6.07) is 0. The Labute approximate surface area is 100 Å². The van der Waals surface area contributed by atoms with Crippen molar-refractivity contribution in [1.82, 2.24) is 15.0 Å². The lowest BCUT2D eigenvalue weighted by molar-refractivity contribution is -0.0430. The molecule has 0 radical (unpaired) electrons. The van der Waals surface area contributed by atoms with Crippen molar-refractivity contribution in [1.29, 1.82) is 0 Å². The molecule has 1 aromatic rings. The second-order valence-corrected chi connectivity index (χ2v) is 5.15. The predicted octanol–water partition coefficient (Wildman–Crippen LogP) is 1.58. The van der Waals surface area contributed by atoms with Crippen molar-refractivity contribution in [2.24, 2.45) is 0 Å². The Morgan fingerprint density at radius 2 is 2.29 bits per heavy atom. The molecule has 0 amide bonds. The monoisotopic (exact) mass is 235 g/mol. The minimum absolute atomic E-state index is 0.165. The molecule has 5 heteroatoms. The van der Waals surface area contributed by atoms with Crippen LogP contribution in [-0.2, 0) is 11.3 Å². The van der Waals surface area contributed by atoms with Gasteiger partial charge in [0.15, 0.2) is 6.29 Å². The molecule has 1 aliphatic heterocycles. The van der Waals surface area contributed by atoms with Gasteiger partial charge in [-0.1, -0.05) is 18.1 Å². The summed E-state index contributed by atoms with van der Waals surface area (Å²) in [5, 5.41) is 7.68. The molecule has 1 atom stereocenters. The van der Waals surface area contributed by atoms with Crippen LogP contribution in [0.3, 0.4) is 0 Å². The largest absolute Gasteiger partial charge is 0.370 e. The van der Waals surface area contributed by atoms with Gasteiger partial charge in [0, 0.05) is 0 Å². The molecule has 2 aliphatic rings. The Bertz CT molecular complexity index is 410. The number of ether oxygens (including phenoxy) is 1. The van der Waals surface area contributed by atoms with E-state index in [-0.39, 0.29) is 11.7 Å². The fourth-order valence-corrected chi connectivity index (χ4v) is 3.08. The molecule has 1 unspecified atom stereocenters. The topological polar surface area (TPSA) is 57.0 Å². The van der Waals surface area contributed by atoms with Gasteiger partial charge in [-0.2, -0.15) is 0 Å². The van der Waals surface area contributed by atoms with Crippen molar-refractivity contribution >= 4 is 6.29 Å². The first kappa shape index (κ1) is 10.9. The Morgan fingerprint density at radius 3 is 3.00 bits per heavy atom. The minimum atomic E-state index is 0.165. The molecule has 1 aromatic heterocycles. The Kier molecular flexibility index (Phi) is 2.70. The maximum atomic E-state index is 10.5. The average Bonchev–Trinajstić information content (AvgIpc) is 3.03. The van der Waals surface area contributed by atoms with Crippen molar-refractivity contribution in [3.8, 4) is 0 Å². The minimum Gasteiger partial charge on any atom is -0.370 e. The van der Waals surface area contributed by atoms with Crippen LogP contribution in [0, 0.1) is 0 Å². The highest BCUT2D eigenvalue weighted by Gasteiger charge is 2.42. The van der Waals surface area contributed by atoms with Crippen molar-refractivity contribution in [3.05, 3.63) is 11.9 Å². The van der Waals surface area contributed by atoms with E-state index < -0.39 is 0 Å². The summed E-state index contributed by atoms with van der Waals surface area (Å²) < 4.78 is 7.89. The molecule has 2 fully saturated rings. The van der Waals surface area contributed by atoms with E-state index in [4.69, 9.17) is 4.74 Å². The molecular weight excluding hydrogens is 218 g/mol. The fourth-order valence-electron chi connectivity index (χ4n) is 3.08. The van der Waals surface area contributed by atoms with E-state index >= 15 is 0 Å². The zero-order valence-electron chi connectivity index (χ0n) is 9.84. The third-order valence-corrected chi connectivity index (χ3v) is 3.92. The SMILES string of the molecule is O=Cc1cn(CC2CCC3(CCCC3)O2)nn1. The van der Waals surface area contributed by atoms with Crippen LogP contribution in [0.25, 0.3) is 0 Å². The standard InChI is InChI=1S/C12H17N3O2/c16-9-10-7-15(14-13-10)8-11-3-6-12(17-11)4-1-2-5-12/h7,9,11H,1-6,8H2. The Hall–Kier alpha value is -1.23. The first-order chi connectivity index (χ1) is 8.30. The van der Waals surface area contributed by atoms with Crippen LogP contribution in [0.4, 0.5) is 0 Å². The van der Waals surface area contributed by atoms with E-state index in [0.717, 1.165) is 12.7 Å². The van der Waals surface area contributed by atoms with E-state index in [1.165, 1.54) is 32.1 Å². The van der Waals surface area contributed by atoms with E-state index in [2.05, 4.69) is 10.3 Å². The third-order valence-electron chi connectivity index (χ3n) is 3.92. The Morgan fingerprint density at radius 1 is 1.47 bits per heavy atom. The molecule has 3 rings (SSSR count). The van der Waals surface area contributed by atoms with Gasteiger partial charge in [-0.25, -0.2) is 4.68 Å². The lowest BCUT2D eigenvalue weighted by Crippen LogP contribution is -2.26. The predicted molar refractivity (Wildman–Crippen MR) is 60.7 cm³/mol. The highest BCUT2D eigenvalue weighted by Crippen LogP contribution is 2.43. The van der Waals surface area contributed by atoms with E-state index in [9.17, 15) is 4.79 Å². The molecule has 2 heterocycles. The van der Waals surface area contributed by atoms with Gasteiger partial charge in [0.05, 0.1) is 24.4 Å². The Balaban J connectivity index is 1.61. The van der Waals surface area contributed by atoms with Gasteiger partial charge in [0.1, 0.15) is 5.69 Å². The van der Waals surface area contributed by atoms with Crippen molar-refractivity contribution in [2.75, 3.05) is 0 Å². The lowest BCUT2D eigenvalue weighted by Gasteiger charge is -2.23. The maximum absolute atomic E-state index is 10.5. The van der Waals surface area contributed by atoms with Crippen molar-refractivity contribution in [2.45, 2.75) is 56.8 Å². The van der Waals surface area contributed by atoms with Gasteiger partial charge < -0.3 is 4.74 Å². The molecule has 5 nitrogen and oxygen atoms in total. The van der Waals surface area contributed by atoms with E-state index in [0.29, 0.717) is 12.2 Å². The van der Waals surface area contributed by atoms with Gasteiger partial charge in [-0.15, -0.1) is 5.10 Å². The van der Waals surface area contributed by atoms with Crippen molar-refractivity contribution in [3.63, 3.8) is 0 Å². The second-order valence-electron chi connectivity index (χ2n) is 5.15. The molecular formula is C12H17N3O2. The van der Waals surface area contributed by atoms with Gasteiger partial charge in [-0.05, 0) is 25.7 Å². The van der Waals surface area contributed by atoms with E-state index in [1.807, 2.05) is 0 Å². The maximum Gasteiger partial charge on any atom is 0.171 e. The van der Waals surface area contributed by atoms with Gasteiger partial charge in [0.2, 0.25) is 0 Å². The highest BCUT2D eigenvalue weighted by molar-refractivity contribution is 5.70. The number of aldehydes is 1. The summed E-state index contributed by atoms with van der Waals surface area (Å²) in [4.78, 5) is 10.5. The van der Waals surface area contributed by atoms with Crippen LogP contribution < -0.4 is 0 Å². The number of hydrogen-bond acceptors (Lipinski definition) is 4. The van der Waals surface area contributed by atoms with Crippen LogP contribution in [0.15, 0.2) is 6.20 Å². The molecule has 92 valence electrons. The third kappa shape index (κ3) is 2.11. The van der Waals surface area contributed by atoms with Crippen LogP contribution in [-0.4, -0.2) is 33.0 Å². The molecule has 1 saturated carbocycles. The fraction of sp³-hybridized carbons (Fsp3) is 0.750. The van der Waals surface area contributed by atoms with Gasteiger partial charge in [-0.3, -0.25) is 4.79 Å².